The van der Waals surface area contributed by atoms with Crippen molar-refractivity contribution in [2.24, 2.45) is 0 Å². The summed E-state index contributed by atoms with van der Waals surface area (Å²) in [6, 6.07) is 56.1. The van der Waals surface area contributed by atoms with Crippen LogP contribution < -0.4 is 4.90 Å². The van der Waals surface area contributed by atoms with Crippen molar-refractivity contribution < 1.29 is 4.42 Å². The van der Waals surface area contributed by atoms with E-state index in [0.717, 1.165) is 44.5 Å². The Morgan fingerprint density at radius 2 is 1.17 bits per heavy atom. The third kappa shape index (κ3) is 4.39. The Bertz CT molecular complexity index is 2440. The number of benzene rings is 7. The van der Waals surface area contributed by atoms with Gasteiger partial charge in [0.15, 0.2) is 5.58 Å². The number of para-hydroxylation sites is 1. The van der Waals surface area contributed by atoms with Crippen LogP contribution in [0, 0.1) is 0 Å². The number of rotatable bonds is 5. The lowest BCUT2D eigenvalue weighted by Gasteiger charge is -2.30. The summed E-state index contributed by atoms with van der Waals surface area (Å²) in [7, 11) is 0. The van der Waals surface area contributed by atoms with Crippen LogP contribution in [0.3, 0.4) is 0 Å². The van der Waals surface area contributed by atoms with Crippen molar-refractivity contribution >= 4 is 38.9 Å². The van der Waals surface area contributed by atoms with Crippen LogP contribution >= 0.6 is 0 Å². The van der Waals surface area contributed by atoms with Crippen LogP contribution in [0.4, 0.5) is 17.1 Å². The van der Waals surface area contributed by atoms with Crippen LogP contribution in [0.1, 0.15) is 25.0 Å². The molecule has 47 heavy (non-hydrogen) atoms. The van der Waals surface area contributed by atoms with Crippen LogP contribution in [0.25, 0.3) is 55.6 Å². The second-order valence-electron chi connectivity index (χ2n) is 12.8. The van der Waals surface area contributed by atoms with E-state index in [0.29, 0.717) is 5.89 Å². The minimum atomic E-state index is -0.106. The van der Waals surface area contributed by atoms with Gasteiger partial charge < -0.3 is 9.32 Å². The summed E-state index contributed by atoms with van der Waals surface area (Å²) in [4.78, 5) is 7.36. The molecule has 0 radical (unpaired) electrons. The molecule has 0 bridgehead atoms. The normalized spacial score (nSPS) is 13.1. The van der Waals surface area contributed by atoms with Crippen molar-refractivity contribution in [2.75, 3.05) is 4.90 Å². The zero-order valence-corrected chi connectivity index (χ0v) is 26.3. The molecule has 0 unspecified atom stereocenters. The lowest BCUT2D eigenvalue weighted by molar-refractivity contribution is 0.620. The van der Waals surface area contributed by atoms with Crippen LogP contribution in [-0.2, 0) is 5.41 Å². The van der Waals surface area contributed by atoms with E-state index < -0.39 is 0 Å². The van der Waals surface area contributed by atoms with Crippen LogP contribution in [0.15, 0.2) is 162 Å². The third-order valence-electron chi connectivity index (χ3n) is 9.69. The molecule has 0 aliphatic heterocycles. The Labute approximate surface area is 274 Å². The molecule has 7 aromatic carbocycles. The zero-order chi connectivity index (χ0) is 31.5. The summed E-state index contributed by atoms with van der Waals surface area (Å²) in [5.41, 5.74) is 13.6. The van der Waals surface area contributed by atoms with E-state index >= 15 is 0 Å². The maximum absolute atomic E-state index is 6.21. The molecule has 1 aliphatic rings. The molecule has 1 heterocycles. The number of aromatic nitrogens is 1. The molecule has 3 heteroatoms. The summed E-state index contributed by atoms with van der Waals surface area (Å²) < 4.78 is 6.21. The van der Waals surface area contributed by atoms with Crippen molar-refractivity contribution in [3.63, 3.8) is 0 Å². The standard InChI is InChI=1S/C44H32N2O/c1-44(2)38-19-11-9-18-36(38)37-25-23-33(28-39(37)44)46(40-20-12-10-17-34(40)29-13-5-3-6-14-29)32-22-24-35-31(27-32)21-26-41-42(35)45-43(47-41)30-15-7-4-8-16-30/h3-28H,1-2H3. The second kappa shape index (κ2) is 10.6. The maximum Gasteiger partial charge on any atom is 0.227 e. The minimum Gasteiger partial charge on any atom is -0.436 e. The molecule has 0 atom stereocenters. The lowest BCUT2D eigenvalue weighted by Crippen LogP contribution is -2.16. The quantitative estimate of drug-likeness (QED) is 0.196. The van der Waals surface area contributed by atoms with Gasteiger partial charge in [-0.3, -0.25) is 0 Å². The van der Waals surface area contributed by atoms with Crippen molar-refractivity contribution in [1.82, 2.24) is 4.98 Å². The van der Waals surface area contributed by atoms with E-state index in [4.69, 9.17) is 9.40 Å². The molecule has 3 nitrogen and oxygen atoms in total. The van der Waals surface area contributed by atoms with Gasteiger partial charge in [-0.05, 0) is 87.8 Å². The number of hydrogen-bond donors (Lipinski definition) is 0. The van der Waals surface area contributed by atoms with Crippen LogP contribution in [0.5, 0.6) is 0 Å². The Morgan fingerprint density at radius 1 is 0.532 bits per heavy atom. The van der Waals surface area contributed by atoms with E-state index in [1.807, 2.05) is 36.4 Å². The fourth-order valence-corrected chi connectivity index (χ4v) is 7.34. The molecule has 0 amide bonds. The second-order valence-corrected chi connectivity index (χ2v) is 12.8. The third-order valence-corrected chi connectivity index (χ3v) is 9.69. The van der Waals surface area contributed by atoms with Gasteiger partial charge in [-0.25, -0.2) is 4.98 Å². The number of nitrogens with zero attached hydrogens (tertiary/aromatic N) is 2. The highest BCUT2D eigenvalue weighted by atomic mass is 16.3. The molecule has 8 aromatic rings. The molecular formula is C44H32N2O. The highest BCUT2D eigenvalue weighted by Crippen LogP contribution is 2.51. The molecule has 0 N–H and O–H groups in total. The maximum atomic E-state index is 6.21. The number of oxazole rings is 1. The molecule has 1 aromatic heterocycles. The van der Waals surface area contributed by atoms with Gasteiger partial charge >= 0.3 is 0 Å². The van der Waals surface area contributed by atoms with Gasteiger partial charge in [0, 0.05) is 33.3 Å². The van der Waals surface area contributed by atoms with E-state index in [1.165, 1.54) is 33.4 Å². The predicted octanol–water partition coefficient (Wildman–Crippen LogP) is 12.1. The topological polar surface area (TPSA) is 29.3 Å². The molecule has 1 aliphatic carbocycles. The monoisotopic (exact) mass is 604 g/mol. The first-order valence-corrected chi connectivity index (χ1v) is 16.1. The fraction of sp³-hybridized carbons (Fsp3) is 0.0682. The SMILES string of the molecule is CC1(C)c2ccccc2-c2ccc(N(c3ccc4c(ccc5oc(-c6ccccc6)nc54)c3)c3ccccc3-c3ccccc3)cc21. The first-order valence-electron chi connectivity index (χ1n) is 16.1. The van der Waals surface area contributed by atoms with E-state index in [1.54, 1.807) is 0 Å². The first kappa shape index (κ1) is 27.4. The number of anilines is 3. The summed E-state index contributed by atoms with van der Waals surface area (Å²) in [5.74, 6) is 0.636. The summed E-state index contributed by atoms with van der Waals surface area (Å²) in [5, 5.41) is 2.18. The van der Waals surface area contributed by atoms with Gasteiger partial charge in [0.05, 0.1) is 5.69 Å². The van der Waals surface area contributed by atoms with Crippen molar-refractivity contribution in [2.45, 2.75) is 19.3 Å². The first-order chi connectivity index (χ1) is 23.1. The van der Waals surface area contributed by atoms with E-state index in [2.05, 4.69) is 140 Å². The Morgan fingerprint density at radius 3 is 1.98 bits per heavy atom. The van der Waals surface area contributed by atoms with Crippen LogP contribution in [0.2, 0.25) is 0 Å². The lowest BCUT2D eigenvalue weighted by atomic mass is 9.82. The largest absolute Gasteiger partial charge is 0.436 e. The molecule has 0 saturated carbocycles. The van der Waals surface area contributed by atoms with Crippen LogP contribution in [-0.4, -0.2) is 4.98 Å². The Kier molecular flexibility index (Phi) is 6.16. The van der Waals surface area contributed by atoms with Gasteiger partial charge in [-0.1, -0.05) is 117 Å². The van der Waals surface area contributed by atoms with Crippen molar-refractivity contribution in [1.29, 1.82) is 0 Å². The molecule has 0 spiro atoms. The Balaban J connectivity index is 1.24. The van der Waals surface area contributed by atoms with Crippen molar-refractivity contribution in [3.05, 3.63) is 169 Å². The molecule has 0 fully saturated rings. The number of hydrogen-bond acceptors (Lipinski definition) is 3. The molecule has 9 rings (SSSR count). The van der Waals surface area contributed by atoms with Gasteiger partial charge in [0.25, 0.3) is 0 Å². The Hall–Kier alpha value is -5.93. The van der Waals surface area contributed by atoms with Gasteiger partial charge in [0.1, 0.15) is 5.52 Å². The molecule has 224 valence electrons. The van der Waals surface area contributed by atoms with Gasteiger partial charge in [-0.15, -0.1) is 0 Å². The minimum absolute atomic E-state index is 0.106. The molecular weight excluding hydrogens is 572 g/mol. The van der Waals surface area contributed by atoms with E-state index in [9.17, 15) is 0 Å². The smallest absolute Gasteiger partial charge is 0.227 e. The fourth-order valence-electron chi connectivity index (χ4n) is 7.34. The van der Waals surface area contributed by atoms with E-state index in [-0.39, 0.29) is 5.41 Å². The molecule has 0 saturated heterocycles. The van der Waals surface area contributed by atoms with Gasteiger partial charge in [0.2, 0.25) is 5.89 Å². The zero-order valence-electron chi connectivity index (χ0n) is 26.3. The average molecular weight is 605 g/mol. The van der Waals surface area contributed by atoms with Crippen molar-refractivity contribution in [3.8, 4) is 33.7 Å². The summed E-state index contributed by atoms with van der Waals surface area (Å²) in [6.07, 6.45) is 0. The number of fused-ring (bicyclic) bond motifs is 6. The average Bonchev–Trinajstić information content (AvgIpc) is 3.66. The summed E-state index contributed by atoms with van der Waals surface area (Å²) in [6.45, 7) is 4.68. The summed E-state index contributed by atoms with van der Waals surface area (Å²) >= 11 is 0. The highest BCUT2D eigenvalue weighted by molar-refractivity contribution is 6.06. The highest BCUT2D eigenvalue weighted by Gasteiger charge is 2.35. The van der Waals surface area contributed by atoms with Gasteiger partial charge in [-0.2, -0.15) is 0 Å². The predicted molar refractivity (Wildman–Crippen MR) is 195 cm³/mol.